The third-order valence-electron chi connectivity index (χ3n) is 5.59. The van der Waals surface area contributed by atoms with E-state index >= 15 is 0 Å². The number of halogens is 1. The normalized spacial score (nSPS) is 14.7. The summed E-state index contributed by atoms with van der Waals surface area (Å²) in [6, 6.07) is 9.99. The molecule has 0 unspecified atom stereocenters. The number of hydrogen-bond donors (Lipinski definition) is 3. The summed E-state index contributed by atoms with van der Waals surface area (Å²) in [4.78, 5) is 25.3. The quantitative estimate of drug-likeness (QED) is 0.472. The molecule has 1 fully saturated rings. The summed E-state index contributed by atoms with van der Waals surface area (Å²) in [6.45, 7) is 3.78. The Morgan fingerprint density at radius 1 is 1.13 bits per heavy atom. The first-order valence-corrected chi connectivity index (χ1v) is 10.1. The Bertz CT molecular complexity index is 1290. The van der Waals surface area contributed by atoms with Crippen molar-refractivity contribution >= 4 is 27.6 Å². The van der Waals surface area contributed by atoms with Crippen molar-refractivity contribution in [1.82, 2.24) is 19.9 Å². The number of nitrogens with zero attached hydrogens (tertiary/aromatic N) is 2. The van der Waals surface area contributed by atoms with Crippen molar-refractivity contribution in [2.45, 2.75) is 12.8 Å². The monoisotopic (exact) mass is 407 g/mol. The van der Waals surface area contributed by atoms with E-state index in [9.17, 15) is 9.18 Å². The number of nitrogens with two attached hydrogens (primary N) is 1. The Kier molecular flexibility index (Phi) is 4.63. The fourth-order valence-electron chi connectivity index (χ4n) is 4.06. The van der Waals surface area contributed by atoms with Gasteiger partial charge in [0, 0.05) is 12.6 Å². The van der Waals surface area contributed by atoms with Gasteiger partial charge in [-0.3, -0.25) is 9.69 Å². The number of hydrogen-bond acceptors (Lipinski definition) is 5. The molecular weight excluding hydrogens is 385 g/mol. The summed E-state index contributed by atoms with van der Waals surface area (Å²) in [5.74, 6) is 0.515. The van der Waals surface area contributed by atoms with Crippen molar-refractivity contribution in [1.29, 1.82) is 0 Å². The van der Waals surface area contributed by atoms with Crippen LogP contribution in [0.15, 0.2) is 41.2 Å². The van der Waals surface area contributed by atoms with Gasteiger partial charge in [-0.05, 0) is 50.2 Å². The van der Waals surface area contributed by atoms with Crippen LogP contribution in [0.3, 0.4) is 0 Å². The fourth-order valence-corrected chi connectivity index (χ4v) is 4.06. The van der Waals surface area contributed by atoms with E-state index in [2.05, 4.69) is 19.9 Å². The van der Waals surface area contributed by atoms with Crippen molar-refractivity contribution in [3.05, 3.63) is 52.6 Å². The van der Waals surface area contributed by atoms with Crippen LogP contribution >= 0.6 is 0 Å². The maximum atomic E-state index is 14.3. The van der Waals surface area contributed by atoms with E-state index in [0.29, 0.717) is 29.2 Å². The molecule has 4 N–H and O–H groups in total. The smallest absolute Gasteiger partial charge is 0.261 e. The predicted molar refractivity (Wildman–Crippen MR) is 115 cm³/mol. The number of rotatable bonds is 5. The number of imidazole rings is 1. The van der Waals surface area contributed by atoms with Gasteiger partial charge in [0.25, 0.3) is 5.56 Å². The molecule has 154 valence electrons. The number of H-pyrrole nitrogens is 2. The van der Waals surface area contributed by atoms with Crippen LogP contribution in [0.25, 0.3) is 33.3 Å². The molecule has 1 aliphatic heterocycles. The molecule has 1 saturated heterocycles. The second-order valence-corrected chi connectivity index (χ2v) is 7.57. The molecule has 2 aromatic heterocycles. The third-order valence-corrected chi connectivity index (χ3v) is 5.59. The van der Waals surface area contributed by atoms with Crippen LogP contribution in [0.5, 0.6) is 5.75 Å². The van der Waals surface area contributed by atoms with Crippen LogP contribution in [0.2, 0.25) is 0 Å². The summed E-state index contributed by atoms with van der Waals surface area (Å²) in [5, 5.41) is 0.179. The Hall–Kier alpha value is -3.39. The largest absolute Gasteiger partial charge is 0.492 e. The molecule has 0 aliphatic carbocycles. The Labute approximate surface area is 171 Å². The van der Waals surface area contributed by atoms with Gasteiger partial charge in [-0.1, -0.05) is 6.07 Å². The topological polar surface area (TPSA) is 100 Å². The Morgan fingerprint density at radius 3 is 2.80 bits per heavy atom. The van der Waals surface area contributed by atoms with Gasteiger partial charge in [-0.2, -0.15) is 0 Å². The SMILES string of the molecule is Nc1c(-c2nc3cc(OCCN4CCCC4)ccc3[nH]2)c(=O)[nH]c2cccc(F)c12. The van der Waals surface area contributed by atoms with Gasteiger partial charge in [0.1, 0.15) is 29.6 Å². The van der Waals surface area contributed by atoms with Crippen LogP contribution in [0.1, 0.15) is 12.8 Å². The number of benzene rings is 2. The summed E-state index contributed by atoms with van der Waals surface area (Å²) in [6.07, 6.45) is 2.51. The standard InChI is InChI=1S/C22H22FN5O2/c23-14-4-3-5-16-18(14)20(24)19(22(29)27-16)21-25-15-7-6-13(12-17(15)26-21)30-11-10-28-8-1-2-9-28/h3-7,12H,1-2,8-11H2,(H,25,26)(H3,24,27,29). The lowest BCUT2D eigenvalue weighted by Gasteiger charge is -2.14. The first-order valence-electron chi connectivity index (χ1n) is 10.1. The van der Waals surface area contributed by atoms with Crippen LogP contribution in [-0.4, -0.2) is 46.1 Å². The summed E-state index contributed by atoms with van der Waals surface area (Å²) < 4.78 is 20.2. The molecule has 30 heavy (non-hydrogen) atoms. The summed E-state index contributed by atoms with van der Waals surface area (Å²) in [7, 11) is 0. The first-order chi connectivity index (χ1) is 14.6. The number of pyridine rings is 1. The summed E-state index contributed by atoms with van der Waals surface area (Å²) in [5.41, 5.74) is 7.69. The molecule has 0 amide bonds. The van der Waals surface area contributed by atoms with Crippen LogP contribution in [-0.2, 0) is 0 Å². The number of ether oxygens (including phenoxy) is 1. The maximum absolute atomic E-state index is 14.3. The van der Waals surface area contributed by atoms with Crippen molar-refractivity contribution in [2.75, 3.05) is 32.0 Å². The van der Waals surface area contributed by atoms with Gasteiger partial charge in [-0.15, -0.1) is 0 Å². The highest BCUT2D eigenvalue weighted by molar-refractivity contribution is 5.98. The van der Waals surface area contributed by atoms with Gasteiger partial charge < -0.3 is 20.4 Å². The molecule has 0 spiro atoms. The van der Waals surface area contributed by atoms with Crippen LogP contribution < -0.4 is 16.0 Å². The number of likely N-dealkylation sites (tertiary alicyclic amines) is 1. The molecule has 2 aromatic carbocycles. The number of nitrogens with one attached hydrogen (secondary N) is 2. The molecule has 0 bridgehead atoms. The van der Waals surface area contributed by atoms with Gasteiger partial charge in [0.2, 0.25) is 0 Å². The highest BCUT2D eigenvalue weighted by Crippen LogP contribution is 2.30. The second-order valence-electron chi connectivity index (χ2n) is 7.57. The Balaban J connectivity index is 1.46. The second kappa shape index (κ2) is 7.46. The number of aromatic nitrogens is 3. The lowest BCUT2D eigenvalue weighted by molar-refractivity contribution is 0.238. The van der Waals surface area contributed by atoms with Crippen molar-refractivity contribution in [3.8, 4) is 17.1 Å². The number of nitrogen functional groups attached to an aromatic ring is 1. The van der Waals surface area contributed by atoms with Crippen molar-refractivity contribution in [2.24, 2.45) is 0 Å². The van der Waals surface area contributed by atoms with Gasteiger partial charge >= 0.3 is 0 Å². The molecule has 0 radical (unpaired) electrons. The average molecular weight is 407 g/mol. The summed E-state index contributed by atoms with van der Waals surface area (Å²) >= 11 is 0. The van der Waals surface area contributed by atoms with Gasteiger partial charge in [0.05, 0.1) is 27.6 Å². The molecule has 1 aliphatic rings. The van der Waals surface area contributed by atoms with E-state index in [1.807, 2.05) is 18.2 Å². The van der Waals surface area contributed by atoms with Gasteiger partial charge in [-0.25, -0.2) is 9.37 Å². The molecule has 3 heterocycles. The van der Waals surface area contributed by atoms with Crippen molar-refractivity contribution < 1.29 is 9.13 Å². The minimum absolute atomic E-state index is 0.0630. The highest BCUT2D eigenvalue weighted by Gasteiger charge is 2.18. The Morgan fingerprint density at radius 2 is 1.97 bits per heavy atom. The molecule has 7 nitrogen and oxygen atoms in total. The van der Waals surface area contributed by atoms with E-state index in [1.165, 1.54) is 25.0 Å². The maximum Gasteiger partial charge on any atom is 0.261 e. The van der Waals surface area contributed by atoms with E-state index in [-0.39, 0.29) is 16.6 Å². The van der Waals surface area contributed by atoms with E-state index < -0.39 is 11.4 Å². The van der Waals surface area contributed by atoms with Gasteiger partial charge in [0.15, 0.2) is 0 Å². The molecule has 0 saturated carbocycles. The molecule has 8 heteroatoms. The number of fused-ring (bicyclic) bond motifs is 2. The van der Waals surface area contributed by atoms with E-state index in [1.54, 1.807) is 6.07 Å². The molecule has 4 aromatic rings. The number of aromatic amines is 2. The van der Waals surface area contributed by atoms with Crippen molar-refractivity contribution in [3.63, 3.8) is 0 Å². The van der Waals surface area contributed by atoms with E-state index in [4.69, 9.17) is 10.5 Å². The highest BCUT2D eigenvalue weighted by atomic mass is 19.1. The van der Waals surface area contributed by atoms with Crippen LogP contribution in [0.4, 0.5) is 10.1 Å². The molecular formula is C22H22FN5O2. The van der Waals surface area contributed by atoms with Crippen LogP contribution in [0, 0.1) is 5.82 Å². The zero-order valence-corrected chi connectivity index (χ0v) is 16.4. The third kappa shape index (κ3) is 3.29. The van der Waals surface area contributed by atoms with E-state index in [0.717, 1.165) is 25.2 Å². The predicted octanol–water partition coefficient (Wildman–Crippen LogP) is 3.27. The minimum atomic E-state index is -0.493. The fraction of sp³-hybridized carbons (Fsp3) is 0.273. The molecule has 0 atom stereocenters. The zero-order valence-electron chi connectivity index (χ0n) is 16.4. The average Bonchev–Trinajstić information content (AvgIpc) is 3.37. The number of anilines is 1. The first kappa shape index (κ1) is 18.6. The lowest BCUT2D eigenvalue weighted by atomic mass is 10.1. The minimum Gasteiger partial charge on any atom is -0.492 e. The molecule has 5 rings (SSSR count). The zero-order chi connectivity index (χ0) is 20.7. The lowest BCUT2D eigenvalue weighted by Crippen LogP contribution is -2.25.